The zero-order valence-corrected chi connectivity index (χ0v) is 14.5. The molecule has 1 atom stereocenters. The molecule has 0 aromatic heterocycles. The molecule has 0 saturated carbocycles. The number of benzene rings is 2. The van der Waals surface area contributed by atoms with Crippen molar-refractivity contribution in [2.45, 2.75) is 23.5 Å². The summed E-state index contributed by atoms with van der Waals surface area (Å²) < 4.78 is 11.1. The van der Waals surface area contributed by atoms with E-state index in [2.05, 4.69) is 17.4 Å². The number of ether oxygens (including phenoxy) is 2. The van der Waals surface area contributed by atoms with Crippen LogP contribution in [0.5, 0.6) is 11.5 Å². The first-order chi connectivity index (χ1) is 11.7. The summed E-state index contributed by atoms with van der Waals surface area (Å²) in [5.41, 5.74) is 1.23. The van der Waals surface area contributed by atoms with Crippen LogP contribution >= 0.6 is 11.8 Å². The van der Waals surface area contributed by atoms with Crippen LogP contribution in [0.3, 0.4) is 0 Å². The molecule has 0 radical (unpaired) electrons. The Morgan fingerprint density at radius 2 is 1.88 bits per heavy atom. The molecule has 5 heteroatoms. The van der Waals surface area contributed by atoms with Gasteiger partial charge < -0.3 is 14.8 Å². The van der Waals surface area contributed by atoms with Gasteiger partial charge in [0, 0.05) is 11.4 Å². The van der Waals surface area contributed by atoms with Gasteiger partial charge in [-0.3, -0.25) is 4.79 Å². The summed E-state index contributed by atoms with van der Waals surface area (Å²) in [5.74, 6) is 1.57. The molecule has 1 N–H and O–H groups in total. The Kier molecular flexibility index (Phi) is 5.64. The minimum absolute atomic E-state index is 0.0471. The molecule has 0 spiro atoms. The van der Waals surface area contributed by atoms with E-state index < -0.39 is 0 Å². The zero-order valence-electron chi connectivity index (χ0n) is 13.7. The largest absolute Gasteiger partial charge is 0.486 e. The molecule has 1 aliphatic rings. The molecule has 1 unspecified atom stereocenters. The van der Waals surface area contributed by atoms with Crippen molar-refractivity contribution in [3.8, 4) is 11.5 Å². The molecule has 126 valence electrons. The van der Waals surface area contributed by atoms with Crippen LogP contribution in [0.1, 0.15) is 12.5 Å². The lowest BCUT2D eigenvalue weighted by Gasteiger charge is -2.19. The molecular formula is C19H21NO3S. The van der Waals surface area contributed by atoms with Crippen molar-refractivity contribution in [2.75, 3.05) is 19.8 Å². The van der Waals surface area contributed by atoms with Gasteiger partial charge in [-0.1, -0.05) is 30.3 Å². The predicted molar refractivity (Wildman–Crippen MR) is 95.9 cm³/mol. The van der Waals surface area contributed by atoms with Crippen molar-refractivity contribution in [2.24, 2.45) is 0 Å². The van der Waals surface area contributed by atoms with E-state index in [0.29, 0.717) is 19.8 Å². The third-order valence-corrected chi connectivity index (χ3v) is 4.85. The Morgan fingerprint density at radius 3 is 2.67 bits per heavy atom. The lowest BCUT2D eigenvalue weighted by Crippen LogP contribution is -2.32. The van der Waals surface area contributed by atoms with Crippen LogP contribution in [0.2, 0.25) is 0 Å². The van der Waals surface area contributed by atoms with Crippen molar-refractivity contribution >= 4 is 17.7 Å². The normalized spacial score (nSPS) is 14.0. The van der Waals surface area contributed by atoms with Gasteiger partial charge in [0.2, 0.25) is 5.91 Å². The fourth-order valence-corrected chi connectivity index (χ4v) is 3.39. The Bertz CT molecular complexity index is 690. The molecule has 0 aliphatic carbocycles. The van der Waals surface area contributed by atoms with Crippen molar-refractivity contribution in [1.82, 2.24) is 5.32 Å². The number of amides is 1. The SMILES string of the molecule is CC(Sc1ccc2c(c1)OCCO2)C(=O)NCCc1ccccc1. The standard InChI is InChI=1S/C19H21NO3S/c1-14(19(21)20-10-9-15-5-3-2-4-6-15)24-16-7-8-17-18(13-16)23-12-11-22-17/h2-8,13-14H,9-12H2,1H3,(H,20,21). The number of hydrogen-bond acceptors (Lipinski definition) is 4. The fraction of sp³-hybridized carbons (Fsp3) is 0.316. The number of hydrogen-bond donors (Lipinski definition) is 1. The van der Waals surface area contributed by atoms with Gasteiger partial charge in [0.25, 0.3) is 0 Å². The summed E-state index contributed by atoms with van der Waals surface area (Å²) in [6, 6.07) is 16.0. The summed E-state index contributed by atoms with van der Waals surface area (Å²) >= 11 is 1.52. The fourth-order valence-electron chi connectivity index (χ4n) is 2.47. The van der Waals surface area contributed by atoms with Gasteiger partial charge in [-0.15, -0.1) is 11.8 Å². The second-order valence-corrected chi connectivity index (χ2v) is 7.01. The van der Waals surface area contributed by atoms with Crippen molar-refractivity contribution in [3.05, 3.63) is 54.1 Å². The summed E-state index contributed by atoms with van der Waals surface area (Å²) in [4.78, 5) is 13.2. The van der Waals surface area contributed by atoms with Crippen LogP contribution < -0.4 is 14.8 Å². The molecule has 1 amide bonds. The topological polar surface area (TPSA) is 47.6 Å². The maximum absolute atomic E-state index is 12.2. The first-order valence-corrected chi connectivity index (χ1v) is 8.98. The highest BCUT2D eigenvalue weighted by atomic mass is 32.2. The first-order valence-electron chi connectivity index (χ1n) is 8.10. The maximum Gasteiger partial charge on any atom is 0.233 e. The van der Waals surface area contributed by atoms with Crippen LogP contribution in [0.4, 0.5) is 0 Å². The molecule has 1 heterocycles. The number of thioether (sulfide) groups is 1. The predicted octanol–water partition coefficient (Wildman–Crippen LogP) is 3.30. The van der Waals surface area contributed by atoms with Crippen LogP contribution in [0.15, 0.2) is 53.4 Å². The van der Waals surface area contributed by atoms with Crippen LogP contribution in [-0.4, -0.2) is 30.9 Å². The van der Waals surface area contributed by atoms with E-state index in [-0.39, 0.29) is 11.2 Å². The van der Waals surface area contributed by atoms with E-state index in [1.807, 2.05) is 43.3 Å². The second kappa shape index (κ2) is 8.11. The number of fused-ring (bicyclic) bond motifs is 1. The molecule has 1 aliphatic heterocycles. The highest BCUT2D eigenvalue weighted by Crippen LogP contribution is 2.35. The van der Waals surface area contributed by atoms with Crippen LogP contribution in [0, 0.1) is 0 Å². The Morgan fingerprint density at radius 1 is 1.12 bits per heavy atom. The molecular weight excluding hydrogens is 322 g/mol. The summed E-state index contributed by atoms with van der Waals surface area (Å²) in [7, 11) is 0. The second-order valence-electron chi connectivity index (χ2n) is 5.59. The number of carbonyl (C=O) groups is 1. The Hall–Kier alpha value is -2.14. The molecule has 2 aromatic rings. The molecule has 0 saturated heterocycles. The number of rotatable bonds is 6. The third kappa shape index (κ3) is 4.45. The van der Waals surface area contributed by atoms with E-state index in [0.717, 1.165) is 22.8 Å². The van der Waals surface area contributed by atoms with E-state index in [4.69, 9.17) is 9.47 Å². The van der Waals surface area contributed by atoms with Gasteiger partial charge in [0.05, 0.1) is 5.25 Å². The minimum atomic E-state index is -0.164. The molecule has 0 fully saturated rings. The molecule has 4 nitrogen and oxygen atoms in total. The monoisotopic (exact) mass is 343 g/mol. The zero-order chi connectivity index (χ0) is 16.8. The van der Waals surface area contributed by atoms with Crippen LogP contribution in [-0.2, 0) is 11.2 Å². The minimum Gasteiger partial charge on any atom is -0.486 e. The number of carbonyl (C=O) groups excluding carboxylic acids is 1. The average Bonchev–Trinajstić information content (AvgIpc) is 2.62. The van der Waals surface area contributed by atoms with Crippen LogP contribution in [0.25, 0.3) is 0 Å². The first kappa shape index (κ1) is 16.7. The average molecular weight is 343 g/mol. The highest BCUT2D eigenvalue weighted by molar-refractivity contribution is 8.00. The molecule has 24 heavy (non-hydrogen) atoms. The Balaban J connectivity index is 1.49. The highest BCUT2D eigenvalue weighted by Gasteiger charge is 2.17. The molecule has 0 bridgehead atoms. The summed E-state index contributed by atoms with van der Waals surface area (Å²) in [6.45, 7) is 3.71. The smallest absolute Gasteiger partial charge is 0.233 e. The molecule has 3 rings (SSSR count). The van der Waals surface area contributed by atoms with Gasteiger partial charge in [-0.05, 0) is 37.1 Å². The van der Waals surface area contributed by atoms with E-state index >= 15 is 0 Å². The number of nitrogens with one attached hydrogen (secondary N) is 1. The van der Waals surface area contributed by atoms with Gasteiger partial charge in [-0.25, -0.2) is 0 Å². The molecule has 2 aromatic carbocycles. The van der Waals surface area contributed by atoms with Gasteiger partial charge >= 0.3 is 0 Å². The van der Waals surface area contributed by atoms with E-state index in [9.17, 15) is 4.79 Å². The quantitative estimate of drug-likeness (QED) is 0.818. The van der Waals surface area contributed by atoms with Crippen molar-refractivity contribution < 1.29 is 14.3 Å². The van der Waals surface area contributed by atoms with Gasteiger partial charge in [0.15, 0.2) is 11.5 Å². The third-order valence-electron chi connectivity index (χ3n) is 3.75. The van der Waals surface area contributed by atoms with E-state index in [1.54, 1.807) is 0 Å². The van der Waals surface area contributed by atoms with Crippen molar-refractivity contribution in [3.63, 3.8) is 0 Å². The van der Waals surface area contributed by atoms with Gasteiger partial charge in [-0.2, -0.15) is 0 Å². The summed E-state index contributed by atoms with van der Waals surface area (Å²) in [5, 5.41) is 2.83. The van der Waals surface area contributed by atoms with Crippen molar-refractivity contribution in [1.29, 1.82) is 0 Å². The Labute approximate surface area is 146 Å². The van der Waals surface area contributed by atoms with E-state index in [1.165, 1.54) is 17.3 Å². The maximum atomic E-state index is 12.2. The lowest BCUT2D eigenvalue weighted by atomic mass is 10.1. The summed E-state index contributed by atoms with van der Waals surface area (Å²) in [6.07, 6.45) is 0.841. The van der Waals surface area contributed by atoms with Gasteiger partial charge in [0.1, 0.15) is 13.2 Å². The lowest BCUT2D eigenvalue weighted by molar-refractivity contribution is -0.120.